The first-order valence-corrected chi connectivity index (χ1v) is 20.0. The molecule has 0 bridgehead atoms. The highest BCUT2D eigenvalue weighted by Gasteiger charge is 2.28. The quantitative estimate of drug-likeness (QED) is 0.101. The summed E-state index contributed by atoms with van der Waals surface area (Å²) in [6, 6.07) is 16.9. The van der Waals surface area contributed by atoms with Gasteiger partial charge in [-0.15, -0.1) is 0 Å². The van der Waals surface area contributed by atoms with Crippen molar-refractivity contribution in [3.05, 3.63) is 87.8 Å². The van der Waals surface area contributed by atoms with Crippen molar-refractivity contribution in [3.63, 3.8) is 0 Å². The Morgan fingerprint density at radius 3 is 0.980 bits per heavy atom. The van der Waals surface area contributed by atoms with Crippen LogP contribution in [-0.2, 0) is 28.4 Å². The summed E-state index contributed by atoms with van der Waals surface area (Å²) >= 11 is 7.42. The lowest BCUT2D eigenvalue weighted by molar-refractivity contribution is 0.0180. The minimum absolute atomic E-state index is 0.468. The van der Waals surface area contributed by atoms with Crippen LogP contribution in [0, 0.1) is 0 Å². The number of ether oxygens (including phenoxy) is 8. The van der Waals surface area contributed by atoms with Gasteiger partial charge in [0.25, 0.3) is 0 Å². The smallest absolute Gasteiger partial charge is 0.119 e. The third kappa shape index (κ3) is 13.3. The molecule has 12 heteroatoms. The molecule has 0 aromatic heterocycles. The van der Waals surface area contributed by atoms with E-state index in [0.717, 1.165) is 22.6 Å². The normalized spacial score (nSPS) is 14.7. The second-order valence-corrected chi connectivity index (χ2v) is 16.6. The zero-order valence-electron chi connectivity index (χ0n) is 30.0. The predicted molar refractivity (Wildman–Crippen MR) is 212 cm³/mol. The molecule has 0 spiro atoms. The average molecular weight is 763 g/mol. The Kier molecular flexibility index (Phi) is 18.8. The molecule has 0 atom stereocenters. The zero-order valence-corrected chi connectivity index (χ0v) is 33.3. The third-order valence-corrected chi connectivity index (χ3v) is 12.8. The van der Waals surface area contributed by atoms with Gasteiger partial charge in [0.2, 0.25) is 0 Å². The molecule has 274 valence electrons. The number of hydrogen-bond donors (Lipinski definition) is 0. The van der Waals surface area contributed by atoms with Gasteiger partial charge in [-0.25, -0.2) is 0 Å². The molecule has 0 saturated heterocycles. The van der Waals surface area contributed by atoms with Crippen molar-refractivity contribution in [1.29, 1.82) is 0 Å². The summed E-state index contributed by atoms with van der Waals surface area (Å²) in [5.41, 5.74) is 4.75. The lowest BCUT2D eigenvalue weighted by atomic mass is 9.94. The van der Waals surface area contributed by atoms with Gasteiger partial charge in [0.15, 0.2) is 0 Å². The maximum absolute atomic E-state index is 6.02. The fraction of sp³-hybridized carbons (Fsp3) is 0.474. The Morgan fingerprint density at radius 2 is 0.680 bits per heavy atom. The SMILES string of the molecule is COCCOCCOCCOc1ccc(C(=C2SC(C)=C(C)S2)C(=C2SC(C)=C(C)S2)c2ccc(OCCOCCOCCOC)cc2)cc1. The molecule has 0 saturated carbocycles. The lowest BCUT2D eigenvalue weighted by Gasteiger charge is -2.19. The summed E-state index contributed by atoms with van der Waals surface area (Å²) < 4.78 is 46.8. The molecule has 0 fully saturated rings. The summed E-state index contributed by atoms with van der Waals surface area (Å²) in [4.78, 5) is 5.34. The summed E-state index contributed by atoms with van der Waals surface area (Å²) in [6.07, 6.45) is 0. The van der Waals surface area contributed by atoms with Crippen molar-refractivity contribution in [2.75, 3.05) is 93.5 Å². The highest BCUT2D eigenvalue weighted by molar-refractivity contribution is 8.29. The molecule has 2 aliphatic heterocycles. The molecule has 2 aliphatic rings. The largest absolute Gasteiger partial charge is 0.491 e. The molecule has 0 unspecified atom stereocenters. The Bertz CT molecular complexity index is 1330. The summed E-state index contributed by atoms with van der Waals surface area (Å²) in [5, 5.41) is 0. The maximum atomic E-state index is 6.02. The van der Waals surface area contributed by atoms with Crippen LogP contribution in [0.5, 0.6) is 11.5 Å². The van der Waals surface area contributed by atoms with E-state index in [1.165, 1.54) is 39.2 Å². The van der Waals surface area contributed by atoms with Crippen molar-refractivity contribution >= 4 is 58.2 Å². The van der Waals surface area contributed by atoms with E-state index < -0.39 is 0 Å². The average Bonchev–Trinajstić information content (AvgIpc) is 3.64. The molecular formula is C38H50O8S4. The van der Waals surface area contributed by atoms with Crippen LogP contribution >= 0.6 is 47.0 Å². The Morgan fingerprint density at radius 1 is 0.400 bits per heavy atom. The lowest BCUT2D eigenvalue weighted by Crippen LogP contribution is -2.12. The van der Waals surface area contributed by atoms with E-state index in [2.05, 4.69) is 76.2 Å². The van der Waals surface area contributed by atoms with Crippen LogP contribution in [0.25, 0.3) is 11.1 Å². The molecule has 0 aliphatic carbocycles. The van der Waals surface area contributed by atoms with Crippen LogP contribution < -0.4 is 9.47 Å². The fourth-order valence-electron chi connectivity index (χ4n) is 4.62. The molecule has 2 aromatic carbocycles. The first-order chi connectivity index (χ1) is 24.4. The van der Waals surface area contributed by atoms with Gasteiger partial charge in [0, 0.05) is 25.4 Å². The topological polar surface area (TPSA) is 73.8 Å². The monoisotopic (exact) mass is 762 g/mol. The maximum Gasteiger partial charge on any atom is 0.119 e. The van der Waals surface area contributed by atoms with Crippen LogP contribution in [0.1, 0.15) is 38.8 Å². The number of allylic oxidation sites excluding steroid dienone is 6. The predicted octanol–water partition coefficient (Wildman–Crippen LogP) is 9.30. The van der Waals surface area contributed by atoms with E-state index >= 15 is 0 Å². The van der Waals surface area contributed by atoms with Crippen LogP contribution in [0.2, 0.25) is 0 Å². The molecule has 0 amide bonds. The number of hydrogen-bond acceptors (Lipinski definition) is 12. The molecule has 2 aromatic rings. The molecular weight excluding hydrogens is 713 g/mol. The standard InChI is InChI=1S/C38H50O8S4/c1-27-28(2)48-37(47-27)35(31-7-11-33(12-8-31)45-25-23-43-21-19-41-17-15-39-5)36(38-49-29(3)30(4)50-38)32-9-13-34(14-10-32)46-26-24-44-22-20-42-18-16-40-6/h7-14H,15-26H2,1-6H3. The van der Waals surface area contributed by atoms with E-state index in [1.54, 1.807) is 14.2 Å². The van der Waals surface area contributed by atoms with Crippen LogP contribution in [0.15, 0.2) is 76.6 Å². The van der Waals surface area contributed by atoms with Gasteiger partial charge in [0.1, 0.15) is 24.7 Å². The second kappa shape index (κ2) is 23.0. The van der Waals surface area contributed by atoms with Gasteiger partial charge in [-0.1, -0.05) is 71.3 Å². The molecule has 8 nitrogen and oxygen atoms in total. The molecule has 50 heavy (non-hydrogen) atoms. The molecule has 4 rings (SSSR count). The zero-order chi connectivity index (χ0) is 35.6. The summed E-state index contributed by atoms with van der Waals surface area (Å²) in [5.74, 6) is 1.62. The third-order valence-electron chi connectivity index (χ3n) is 7.52. The van der Waals surface area contributed by atoms with Gasteiger partial charge in [0.05, 0.1) is 74.5 Å². The van der Waals surface area contributed by atoms with Crippen molar-refractivity contribution in [2.45, 2.75) is 27.7 Å². The number of benzene rings is 2. The number of thioether (sulfide) groups is 4. The van der Waals surface area contributed by atoms with Crippen LogP contribution in [-0.4, -0.2) is 93.5 Å². The van der Waals surface area contributed by atoms with Gasteiger partial charge in [-0.2, -0.15) is 0 Å². The van der Waals surface area contributed by atoms with Crippen LogP contribution in [0.3, 0.4) is 0 Å². The van der Waals surface area contributed by atoms with Gasteiger partial charge < -0.3 is 37.9 Å². The minimum Gasteiger partial charge on any atom is -0.491 e. The highest BCUT2D eigenvalue weighted by Crippen LogP contribution is 2.59. The number of rotatable bonds is 23. The second-order valence-electron chi connectivity index (χ2n) is 11.1. The van der Waals surface area contributed by atoms with Gasteiger partial charge in [-0.05, 0) is 82.7 Å². The van der Waals surface area contributed by atoms with Crippen molar-refractivity contribution < 1.29 is 37.9 Å². The Labute approximate surface area is 315 Å². The number of methoxy groups -OCH3 is 2. The first kappa shape index (κ1) is 40.9. The molecule has 0 radical (unpaired) electrons. The summed E-state index contributed by atoms with van der Waals surface area (Å²) in [7, 11) is 3.32. The van der Waals surface area contributed by atoms with Crippen LogP contribution in [0.4, 0.5) is 0 Å². The summed E-state index contributed by atoms with van der Waals surface area (Å²) in [6.45, 7) is 15.2. The molecule has 2 heterocycles. The van der Waals surface area contributed by atoms with Gasteiger partial charge in [-0.3, -0.25) is 0 Å². The van der Waals surface area contributed by atoms with E-state index in [1.807, 2.05) is 47.0 Å². The minimum atomic E-state index is 0.468. The van der Waals surface area contributed by atoms with Gasteiger partial charge >= 0.3 is 0 Å². The fourth-order valence-corrected chi connectivity index (χ4v) is 9.93. The first-order valence-electron chi connectivity index (χ1n) is 16.7. The Balaban J connectivity index is 1.47. The molecule has 0 N–H and O–H groups in total. The van der Waals surface area contributed by atoms with E-state index in [9.17, 15) is 0 Å². The van der Waals surface area contributed by atoms with Crippen molar-refractivity contribution in [1.82, 2.24) is 0 Å². The highest BCUT2D eigenvalue weighted by atomic mass is 32.2. The van der Waals surface area contributed by atoms with Crippen molar-refractivity contribution in [2.24, 2.45) is 0 Å². The van der Waals surface area contributed by atoms with E-state index in [0.29, 0.717) is 79.3 Å². The van der Waals surface area contributed by atoms with E-state index in [4.69, 9.17) is 37.9 Å². The van der Waals surface area contributed by atoms with E-state index in [-0.39, 0.29) is 0 Å². The van der Waals surface area contributed by atoms with Crippen molar-refractivity contribution in [3.8, 4) is 11.5 Å². The Hall–Kier alpha value is -1.84.